The molecule has 2 aromatic heterocycles. The Morgan fingerprint density at radius 2 is 2.11 bits per heavy atom. The summed E-state index contributed by atoms with van der Waals surface area (Å²) in [6.45, 7) is 1.87. The second kappa shape index (κ2) is 5.80. The van der Waals surface area contributed by atoms with Crippen molar-refractivity contribution in [1.82, 2.24) is 8.94 Å². The summed E-state index contributed by atoms with van der Waals surface area (Å²) < 4.78 is 25.3. The van der Waals surface area contributed by atoms with Gasteiger partial charge in [0.2, 0.25) is 5.43 Å². The summed E-state index contributed by atoms with van der Waals surface area (Å²) in [4.78, 5) is 27.6. The molecule has 27 heavy (non-hydrogen) atoms. The van der Waals surface area contributed by atoms with Gasteiger partial charge in [-0.1, -0.05) is 0 Å². The molecule has 1 saturated carbocycles. The van der Waals surface area contributed by atoms with Crippen LogP contribution in [0.1, 0.15) is 18.9 Å². The van der Waals surface area contributed by atoms with Crippen LogP contribution < -0.4 is 26.4 Å². The van der Waals surface area contributed by atoms with E-state index in [0.717, 1.165) is 24.4 Å². The van der Waals surface area contributed by atoms with Crippen molar-refractivity contribution in [2.45, 2.75) is 18.9 Å². The Morgan fingerprint density at radius 1 is 1.37 bits per heavy atom. The number of hydrogen-bond acceptors (Lipinski definition) is 6. The number of hydrogen-bond donors (Lipinski definition) is 2. The molecule has 0 bridgehead atoms. The van der Waals surface area contributed by atoms with E-state index in [9.17, 15) is 9.59 Å². The van der Waals surface area contributed by atoms with Gasteiger partial charge in [-0.15, -0.1) is 0 Å². The second-order valence-corrected chi connectivity index (χ2v) is 8.08. The van der Waals surface area contributed by atoms with Crippen LogP contribution in [-0.2, 0) is 0 Å². The predicted molar refractivity (Wildman–Crippen MR) is 104 cm³/mol. The summed E-state index contributed by atoms with van der Waals surface area (Å²) in [5, 5.41) is 0.285. The van der Waals surface area contributed by atoms with Crippen LogP contribution in [0.3, 0.4) is 0 Å². The monoisotopic (exact) mass is 390 g/mol. The van der Waals surface area contributed by atoms with Crippen LogP contribution >= 0.6 is 11.5 Å². The van der Waals surface area contributed by atoms with E-state index in [4.69, 9.17) is 10.5 Å². The number of fused-ring (bicyclic) bond motifs is 2. The average molecular weight is 390 g/mol. The van der Waals surface area contributed by atoms with Crippen LogP contribution in [0.4, 0.5) is 10.1 Å². The number of methoxy groups -OCH3 is 1. The summed E-state index contributed by atoms with van der Waals surface area (Å²) in [7, 11) is 1.49. The Kier molecular flexibility index (Phi) is 3.60. The van der Waals surface area contributed by atoms with Crippen molar-refractivity contribution in [3.8, 4) is 5.75 Å². The number of nitrogens with one attached hydrogen (secondary N) is 1. The highest BCUT2D eigenvalue weighted by atomic mass is 32.1. The third-order valence-corrected chi connectivity index (χ3v) is 6.40. The maximum atomic E-state index is 15.0. The number of rotatable bonds is 4. The minimum Gasteiger partial charge on any atom is -0.492 e. The number of anilines is 1. The van der Waals surface area contributed by atoms with Crippen LogP contribution in [0.5, 0.6) is 5.75 Å². The molecule has 1 saturated heterocycles. The molecular weight excluding hydrogens is 371 g/mol. The highest BCUT2D eigenvalue weighted by molar-refractivity contribution is 7.12. The summed E-state index contributed by atoms with van der Waals surface area (Å²) in [5.74, 6) is 0.167. The predicted octanol–water partition coefficient (Wildman–Crippen LogP) is 1.78. The molecule has 0 radical (unpaired) electrons. The van der Waals surface area contributed by atoms with Gasteiger partial charge in [0.05, 0.1) is 18.0 Å². The summed E-state index contributed by atoms with van der Waals surface area (Å²) in [5.41, 5.74) is 5.76. The van der Waals surface area contributed by atoms with Gasteiger partial charge in [0.1, 0.15) is 15.9 Å². The Labute approximate surface area is 157 Å². The average Bonchev–Trinajstić information content (AvgIpc) is 3.37. The van der Waals surface area contributed by atoms with Gasteiger partial charge < -0.3 is 19.9 Å². The van der Waals surface area contributed by atoms with Crippen LogP contribution in [0, 0.1) is 11.7 Å². The molecule has 3 N–H and O–H groups in total. The van der Waals surface area contributed by atoms with Crippen LogP contribution in [0.2, 0.25) is 0 Å². The lowest BCUT2D eigenvalue weighted by atomic mass is 9.98. The number of pyridine rings is 1. The van der Waals surface area contributed by atoms with Crippen molar-refractivity contribution >= 4 is 38.3 Å². The Morgan fingerprint density at radius 3 is 2.74 bits per heavy atom. The number of nitrogens with two attached hydrogens (primary N) is 1. The largest absolute Gasteiger partial charge is 0.492 e. The normalized spacial score (nSPS) is 17.7. The van der Waals surface area contributed by atoms with Crippen molar-refractivity contribution in [2.75, 3.05) is 31.6 Å². The SMILES string of the molecule is COc1c(N2CC(CN)C2)c(F)cc2c(=O)c3c(=O)[nH]sc3n(C3CC3)c12. The molecule has 7 nitrogen and oxygen atoms in total. The van der Waals surface area contributed by atoms with Gasteiger partial charge in [-0.25, -0.2) is 4.39 Å². The zero-order valence-corrected chi connectivity index (χ0v) is 15.6. The zero-order chi connectivity index (χ0) is 18.9. The van der Waals surface area contributed by atoms with Crippen LogP contribution in [0.15, 0.2) is 15.7 Å². The molecule has 9 heteroatoms. The van der Waals surface area contributed by atoms with E-state index in [1.54, 1.807) is 0 Å². The van der Waals surface area contributed by atoms with Crippen molar-refractivity contribution < 1.29 is 9.13 Å². The molecule has 1 aliphatic carbocycles. The molecule has 2 fully saturated rings. The fourth-order valence-electron chi connectivity index (χ4n) is 3.99. The molecule has 0 spiro atoms. The van der Waals surface area contributed by atoms with E-state index >= 15 is 4.39 Å². The third-order valence-electron chi connectivity index (χ3n) is 5.52. The van der Waals surface area contributed by atoms with Crippen LogP contribution in [-0.4, -0.2) is 35.7 Å². The summed E-state index contributed by atoms with van der Waals surface area (Å²) in [6, 6.07) is 1.43. The number of aromatic nitrogens is 2. The second-order valence-electron chi connectivity index (χ2n) is 7.29. The van der Waals surface area contributed by atoms with Crippen molar-refractivity contribution in [3.63, 3.8) is 0 Å². The smallest absolute Gasteiger partial charge is 0.271 e. The van der Waals surface area contributed by atoms with Gasteiger partial charge >= 0.3 is 0 Å². The summed E-state index contributed by atoms with van der Waals surface area (Å²) >= 11 is 1.15. The molecule has 0 amide bonds. The minimum absolute atomic E-state index is 0.0979. The Balaban J connectivity index is 1.89. The molecule has 142 valence electrons. The molecule has 1 aliphatic heterocycles. The highest BCUT2D eigenvalue weighted by Gasteiger charge is 2.35. The number of nitrogens with zero attached hydrogens (tertiary/aromatic N) is 2. The van der Waals surface area contributed by atoms with E-state index in [0.29, 0.717) is 47.3 Å². The Hall–Kier alpha value is -2.39. The van der Waals surface area contributed by atoms with Crippen molar-refractivity contribution in [3.05, 3.63) is 32.5 Å². The standard InChI is InChI=1S/C18H19FN4O3S/c1-26-16-13-10(4-11(19)14(16)22-6-8(5-20)7-22)15(24)12-17(25)21-27-18(12)23(13)9-2-3-9/h4,8-9H,2-3,5-7,20H2,1H3,(H,21,25). The fraction of sp³-hybridized carbons (Fsp3) is 0.444. The molecule has 0 atom stereocenters. The van der Waals surface area contributed by atoms with Gasteiger partial charge in [0.25, 0.3) is 5.56 Å². The molecule has 1 aromatic carbocycles. The molecule has 5 rings (SSSR count). The lowest BCUT2D eigenvalue weighted by Crippen LogP contribution is -2.50. The minimum atomic E-state index is -0.514. The first kappa shape index (κ1) is 16.8. The number of aromatic amines is 1. The first-order chi connectivity index (χ1) is 13.0. The molecular formula is C18H19FN4O3S. The molecule has 3 heterocycles. The number of H-pyrrole nitrogens is 1. The number of halogens is 1. The molecule has 3 aromatic rings. The molecule has 2 aliphatic rings. The topological polar surface area (TPSA) is 93.3 Å². The Bertz CT molecular complexity index is 1190. The fourth-order valence-corrected chi connectivity index (χ4v) is 4.91. The first-order valence-corrected chi connectivity index (χ1v) is 9.77. The van der Waals surface area contributed by atoms with E-state index < -0.39 is 16.8 Å². The molecule has 0 unspecified atom stereocenters. The van der Waals surface area contributed by atoms with Crippen molar-refractivity contribution in [1.29, 1.82) is 0 Å². The highest BCUT2D eigenvalue weighted by Crippen LogP contribution is 2.46. The van der Waals surface area contributed by atoms with Crippen LogP contribution in [0.25, 0.3) is 21.1 Å². The van der Waals surface area contributed by atoms with E-state index in [2.05, 4.69) is 4.37 Å². The number of ether oxygens (including phenoxy) is 1. The lowest BCUT2D eigenvalue weighted by molar-refractivity contribution is 0.386. The van der Waals surface area contributed by atoms with Gasteiger partial charge in [-0.05, 0) is 37.0 Å². The van der Waals surface area contributed by atoms with E-state index in [-0.39, 0.29) is 16.8 Å². The van der Waals surface area contributed by atoms with E-state index in [1.165, 1.54) is 13.2 Å². The maximum Gasteiger partial charge on any atom is 0.271 e. The third kappa shape index (κ3) is 2.28. The van der Waals surface area contributed by atoms with Crippen molar-refractivity contribution in [2.24, 2.45) is 11.7 Å². The lowest BCUT2D eigenvalue weighted by Gasteiger charge is -2.41. The first-order valence-electron chi connectivity index (χ1n) is 8.96. The van der Waals surface area contributed by atoms with E-state index in [1.807, 2.05) is 9.47 Å². The zero-order valence-electron chi connectivity index (χ0n) is 14.8. The van der Waals surface area contributed by atoms with Gasteiger partial charge in [-0.2, -0.15) is 0 Å². The quantitative estimate of drug-likeness (QED) is 0.708. The number of benzene rings is 1. The van der Waals surface area contributed by atoms with Gasteiger partial charge in [0.15, 0.2) is 11.6 Å². The maximum absolute atomic E-state index is 15.0. The van der Waals surface area contributed by atoms with Gasteiger partial charge in [0, 0.05) is 25.0 Å². The summed E-state index contributed by atoms with van der Waals surface area (Å²) in [6.07, 6.45) is 1.90. The van der Waals surface area contributed by atoms with Gasteiger partial charge in [-0.3, -0.25) is 14.0 Å².